The molecule has 3 aliphatic carbocycles. The van der Waals surface area contributed by atoms with Gasteiger partial charge >= 0.3 is 0 Å². The predicted octanol–water partition coefficient (Wildman–Crippen LogP) is 8.17. The van der Waals surface area contributed by atoms with Gasteiger partial charge in [-0.3, -0.25) is 4.79 Å². The lowest BCUT2D eigenvalue weighted by Crippen LogP contribution is -2.41. The zero-order valence-corrected chi connectivity index (χ0v) is 30.7. The number of likely N-dealkylation sites (tertiary alicyclic amines) is 1. The van der Waals surface area contributed by atoms with Crippen molar-refractivity contribution in [2.75, 3.05) is 13.1 Å². The van der Waals surface area contributed by atoms with Crippen molar-refractivity contribution in [3.8, 4) is 17.2 Å². The van der Waals surface area contributed by atoms with E-state index in [1.54, 1.807) is 18.2 Å². The van der Waals surface area contributed by atoms with Crippen LogP contribution in [0.5, 0.6) is 0 Å². The third-order valence-electron chi connectivity index (χ3n) is 12.8. The van der Waals surface area contributed by atoms with Crippen LogP contribution in [0.15, 0.2) is 36.5 Å². The van der Waals surface area contributed by atoms with Crippen LogP contribution in [-0.2, 0) is 16.6 Å². The molecule has 5 aromatic rings. The van der Waals surface area contributed by atoms with E-state index in [0.717, 1.165) is 66.6 Å². The van der Waals surface area contributed by atoms with Gasteiger partial charge in [0.15, 0.2) is 5.82 Å². The lowest BCUT2D eigenvalue weighted by atomic mass is 9.79. The SMILES string of the molecule is Cc1nc2c(F)c(-c3cccc(Cl)c3Cl)c(CCC#N)cc2c2c1cc(C1CC(n3cc(C4(C)CC4)nn3)CN1C(=O)C1CC1)n2C1C2CNC1C2. The van der Waals surface area contributed by atoms with E-state index in [9.17, 15) is 10.1 Å². The van der Waals surface area contributed by atoms with Crippen LogP contribution in [-0.4, -0.2) is 54.5 Å². The number of halogens is 3. The predicted molar refractivity (Wildman–Crippen MR) is 198 cm³/mol. The van der Waals surface area contributed by atoms with Gasteiger partial charge < -0.3 is 14.8 Å². The quantitative estimate of drug-likeness (QED) is 0.172. The molecule has 0 radical (unpaired) electrons. The van der Waals surface area contributed by atoms with Crippen molar-refractivity contribution >= 4 is 50.9 Å². The fourth-order valence-electron chi connectivity index (χ4n) is 9.37. The normalized spacial score (nSPS) is 25.9. The monoisotopic (exact) mass is 736 g/mol. The summed E-state index contributed by atoms with van der Waals surface area (Å²) in [5.41, 5.74) is 5.63. The van der Waals surface area contributed by atoms with Crippen LogP contribution in [0.1, 0.15) is 92.6 Å². The number of hydrogen-bond acceptors (Lipinski definition) is 6. The average molecular weight is 738 g/mol. The summed E-state index contributed by atoms with van der Waals surface area (Å²) in [5.74, 6) is 0.231. The van der Waals surface area contributed by atoms with E-state index in [2.05, 4.69) is 50.4 Å². The number of pyridine rings is 1. The molecule has 3 aliphatic heterocycles. The lowest BCUT2D eigenvalue weighted by Gasteiger charge is -2.39. The second-order valence-corrected chi connectivity index (χ2v) is 16.9. The molecular weight excluding hydrogens is 698 g/mol. The molecule has 3 saturated heterocycles. The van der Waals surface area contributed by atoms with Crippen LogP contribution < -0.4 is 5.32 Å². The first-order chi connectivity index (χ1) is 25.1. The second-order valence-electron chi connectivity index (χ2n) is 16.1. The van der Waals surface area contributed by atoms with Gasteiger partial charge in [0.25, 0.3) is 0 Å². The molecule has 6 aliphatic rings. The highest BCUT2D eigenvalue weighted by Gasteiger charge is 2.51. The summed E-state index contributed by atoms with van der Waals surface area (Å²) < 4.78 is 21.7. The first-order valence-corrected chi connectivity index (χ1v) is 19.3. The summed E-state index contributed by atoms with van der Waals surface area (Å²) in [7, 11) is 0. The van der Waals surface area contributed by atoms with Crippen LogP contribution in [0.4, 0.5) is 4.39 Å². The Balaban J connectivity index is 1.19. The van der Waals surface area contributed by atoms with Crippen molar-refractivity contribution < 1.29 is 9.18 Å². The van der Waals surface area contributed by atoms with Gasteiger partial charge in [0, 0.05) is 76.4 Å². The number of aromatic nitrogens is 5. The number of benzene rings is 2. The smallest absolute Gasteiger partial charge is 0.226 e. The van der Waals surface area contributed by atoms with Crippen LogP contribution >= 0.6 is 23.2 Å². The van der Waals surface area contributed by atoms with Gasteiger partial charge in [0.1, 0.15) is 5.52 Å². The summed E-state index contributed by atoms with van der Waals surface area (Å²) in [6, 6.07) is 12.0. The first-order valence-electron chi connectivity index (χ1n) is 18.6. The van der Waals surface area contributed by atoms with E-state index >= 15 is 4.39 Å². The van der Waals surface area contributed by atoms with Crippen LogP contribution in [0.3, 0.4) is 0 Å². The fraction of sp³-hybridized carbons (Fsp3) is 0.475. The van der Waals surface area contributed by atoms with Crippen LogP contribution in [0.25, 0.3) is 32.9 Å². The molecule has 11 rings (SSSR count). The molecule has 0 spiro atoms. The van der Waals surface area contributed by atoms with E-state index in [4.69, 9.17) is 28.2 Å². The molecule has 9 nitrogen and oxygen atoms in total. The van der Waals surface area contributed by atoms with Gasteiger partial charge in [0.2, 0.25) is 5.91 Å². The Labute approximate surface area is 311 Å². The lowest BCUT2D eigenvalue weighted by molar-refractivity contribution is -0.133. The van der Waals surface area contributed by atoms with Crippen molar-refractivity contribution in [1.29, 1.82) is 5.26 Å². The maximum absolute atomic E-state index is 17.2. The molecule has 6 heterocycles. The average Bonchev–Trinajstić information content (AvgIpc) is 3.68. The van der Waals surface area contributed by atoms with Gasteiger partial charge in [-0.15, -0.1) is 5.10 Å². The highest BCUT2D eigenvalue weighted by atomic mass is 35.5. The van der Waals surface area contributed by atoms with Crippen molar-refractivity contribution in [2.24, 2.45) is 11.8 Å². The standard InChI is InChI=1S/C40H39Cl2FN8O/c1-20-26-16-31(30-15-24(18-49(30)39(52)21-8-9-21)50-19-32(47-48-50)40(2)10-11-40)51(37-23-14-29(37)45-17-23)38(26)27-13-22(5-4-12-44)33(35(43)36(27)46-20)25-6-3-7-28(41)34(25)42/h3,6-7,13,16,19,21,23-24,29-30,37,45H,4-5,8-11,14-15,17-18H2,1-2H3. The molecular formula is C40H39Cl2FN8O. The molecule has 5 unspecified atom stereocenters. The number of nitrogens with zero attached hydrogens (tertiary/aromatic N) is 7. The number of nitrogens with one attached hydrogen (secondary N) is 1. The zero-order valence-electron chi connectivity index (χ0n) is 29.2. The number of nitriles is 1. The maximum atomic E-state index is 17.2. The highest BCUT2D eigenvalue weighted by molar-refractivity contribution is 6.43. The second kappa shape index (κ2) is 11.7. The Hall–Kier alpha value is -4.04. The fourth-order valence-corrected chi connectivity index (χ4v) is 9.76. The molecule has 2 bridgehead atoms. The van der Waals surface area contributed by atoms with Crippen LogP contribution in [0.2, 0.25) is 10.0 Å². The van der Waals surface area contributed by atoms with Gasteiger partial charge in [-0.05, 0) is 81.5 Å². The largest absolute Gasteiger partial charge is 0.337 e. The number of rotatable bonds is 8. The number of hydrogen-bond donors (Lipinski definition) is 1. The molecule has 1 amide bonds. The minimum Gasteiger partial charge on any atom is -0.337 e. The summed E-state index contributed by atoms with van der Waals surface area (Å²) in [6.45, 7) is 5.68. The number of aryl methyl sites for hydroxylation is 2. The van der Waals surface area contributed by atoms with Crippen LogP contribution in [0, 0.1) is 35.9 Å². The third kappa shape index (κ3) is 4.88. The van der Waals surface area contributed by atoms with E-state index in [0.29, 0.717) is 52.4 Å². The van der Waals surface area contributed by atoms with Crippen molar-refractivity contribution in [3.63, 3.8) is 0 Å². The summed E-state index contributed by atoms with van der Waals surface area (Å²) >= 11 is 13.1. The maximum Gasteiger partial charge on any atom is 0.226 e. The highest BCUT2D eigenvalue weighted by Crippen LogP contribution is 2.52. The van der Waals surface area contributed by atoms with Crippen molar-refractivity contribution in [2.45, 2.75) is 94.8 Å². The zero-order chi connectivity index (χ0) is 35.6. The van der Waals surface area contributed by atoms with Crippen molar-refractivity contribution in [1.82, 2.24) is 34.8 Å². The molecule has 6 fully saturated rings. The molecule has 1 N–H and O–H groups in total. The number of carbonyl (C=O) groups is 1. The molecule has 5 atom stereocenters. The van der Waals surface area contributed by atoms with Crippen molar-refractivity contribution in [3.05, 3.63) is 75.0 Å². The Morgan fingerprint density at radius 1 is 1.17 bits per heavy atom. The molecule has 266 valence electrons. The Morgan fingerprint density at radius 3 is 2.71 bits per heavy atom. The molecule has 12 heteroatoms. The minimum atomic E-state index is -0.471. The molecule has 3 saturated carbocycles. The van der Waals surface area contributed by atoms with Gasteiger partial charge in [0.05, 0.1) is 45.5 Å². The van der Waals surface area contributed by atoms with E-state index < -0.39 is 5.82 Å². The van der Waals surface area contributed by atoms with E-state index in [1.165, 1.54) is 0 Å². The summed E-state index contributed by atoms with van der Waals surface area (Å²) in [4.78, 5) is 21.1. The third-order valence-corrected chi connectivity index (χ3v) is 13.6. The summed E-state index contributed by atoms with van der Waals surface area (Å²) in [5, 5.41) is 24.8. The van der Waals surface area contributed by atoms with Gasteiger partial charge in [-0.25, -0.2) is 14.1 Å². The number of amides is 1. The number of fused-ring (bicyclic) bond motifs is 4. The molecule has 52 heavy (non-hydrogen) atoms. The topological polar surface area (TPSA) is 105 Å². The molecule has 2 aromatic carbocycles. The first kappa shape index (κ1) is 32.6. The summed E-state index contributed by atoms with van der Waals surface area (Å²) in [6.07, 6.45) is 8.55. The minimum absolute atomic E-state index is 0.00463. The van der Waals surface area contributed by atoms with Gasteiger partial charge in [-0.1, -0.05) is 47.5 Å². The Morgan fingerprint density at radius 2 is 2.00 bits per heavy atom. The molecule has 3 aromatic heterocycles. The van der Waals surface area contributed by atoms with Gasteiger partial charge in [-0.2, -0.15) is 5.26 Å². The van der Waals surface area contributed by atoms with E-state index in [-0.39, 0.29) is 58.4 Å². The van der Waals surface area contributed by atoms with E-state index in [1.807, 2.05) is 17.7 Å². The Kier molecular flexibility index (Phi) is 7.35. The number of carbonyl (C=O) groups excluding carboxylic acids is 1. The Bertz CT molecular complexity index is 2360.